The number of nitrogens with zero attached hydrogens (tertiary/aromatic N) is 2. The molecule has 2 aromatic rings. The van der Waals surface area contributed by atoms with Gasteiger partial charge < -0.3 is 10.4 Å². The van der Waals surface area contributed by atoms with Gasteiger partial charge in [0.05, 0.1) is 16.8 Å². The van der Waals surface area contributed by atoms with E-state index in [2.05, 4.69) is 48.3 Å². The van der Waals surface area contributed by atoms with Crippen molar-refractivity contribution in [3.8, 4) is 0 Å². The van der Waals surface area contributed by atoms with Gasteiger partial charge in [-0.05, 0) is 49.3 Å². The highest BCUT2D eigenvalue weighted by Crippen LogP contribution is 2.37. The lowest BCUT2D eigenvalue weighted by molar-refractivity contribution is 0.0697. The van der Waals surface area contributed by atoms with Crippen LogP contribution < -0.4 is 10.2 Å². The van der Waals surface area contributed by atoms with Gasteiger partial charge in [-0.15, -0.1) is 12.4 Å². The van der Waals surface area contributed by atoms with Crippen LogP contribution in [-0.4, -0.2) is 39.7 Å². The zero-order valence-corrected chi connectivity index (χ0v) is 18.7. The maximum atomic E-state index is 11.8. The Hall–Kier alpha value is -2.41. The quantitative estimate of drug-likeness (QED) is 0.681. The van der Waals surface area contributed by atoms with E-state index in [1.165, 1.54) is 11.1 Å². The number of rotatable bonds is 4. The molecule has 2 N–H and O–H groups in total. The molecule has 7 heteroatoms. The monoisotopic (exact) mass is 443 g/mol. The zero-order valence-electron chi connectivity index (χ0n) is 17.1. The lowest BCUT2D eigenvalue weighted by Gasteiger charge is -2.48. The molecular formula is C23H26ClN3O2S. The number of carboxylic acids is 1. The van der Waals surface area contributed by atoms with Crippen molar-refractivity contribution in [2.24, 2.45) is 0 Å². The highest BCUT2D eigenvalue weighted by atomic mass is 35.5. The molecule has 2 aliphatic rings. The van der Waals surface area contributed by atoms with E-state index in [0.29, 0.717) is 10.8 Å². The lowest BCUT2D eigenvalue weighted by Crippen LogP contribution is -2.59. The van der Waals surface area contributed by atoms with Crippen molar-refractivity contribution >= 4 is 41.4 Å². The number of carboxylic acid groups (broad SMARTS) is 1. The number of benzene rings is 2. The molecule has 0 unspecified atom stereocenters. The maximum absolute atomic E-state index is 11.8. The topological polar surface area (TPSA) is 55.8 Å². The Morgan fingerprint density at radius 2 is 1.80 bits per heavy atom. The van der Waals surface area contributed by atoms with E-state index in [-0.39, 0.29) is 23.5 Å². The summed E-state index contributed by atoms with van der Waals surface area (Å²) in [5.74, 6) is -0.947. The summed E-state index contributed by atoms with van der Waals surface area (Å²) < 4.78 is 0. The van der Waals surface area contributed by atoms with E-state index in [1.807, 2.05) is 23.1 Å². The number of carbonyl (C=O) groups is 1. The Bertz CT molecular complexity index is 991. The number of thiocarbonyl (C=S) groups is 1. The van der Waals surface area contributed by atoms with Crippen LogP contribution >= 0.6 is 24.6 Å². The van der Waals surface area contributed by atoms with Gasteiger partial charge in [0.1, 0.15) is 0 Å². The Morgan fingerprint density at radius 1 is 1.13 bits per heavy atom. The summed E-state index contributed by atoms with van der Waals surface area (Å²) in [5, 5.41) is 13.7. The Kier molecular flexibility index (Phi) is 6.50. The zero-order chi connectivity index (χ0) is 20.6. The Labute approximate surface area is 188 Å². The average Bonchev–Trinajstić information content (AvgIpc) is 2.69. The van der Waals surface area contributed by atoms with E-state index in [4.69, 9.17) is 12.2 Å². The second-order valence-corrected chi connectivity index (χ2v) is 8.47. The van der Waals surface area contributed by atoms with Crippen molar-refractivity contribution in [2.45, 2.75) is 32.4 Å². The van der Waals surface area contributed by atoms with Crippen molar-refractivity contribution in [1.29, 1.82) is 0 Å². The second kappa shape index (κ2) is 8.76. The molecule has 0 bridgehead atoms. The molecule has 0 amide bonds. The average molecular weight is 444 g/mol. The van der Waals surface area contributed by atoms with Crippen LogP contribution in [0.4, 0.5) is 5.69 Å². The van der Waals surface area contributed by atoms with Gasteiger partial charge in [-0.2, -0.15) is 0 Å². The first-order chi connectivity index (χ1) is 13.9. The normalized spacial score (nSPS) is 18.3. The molecule has 2 heterocycles. The first kappa shape index (κ1) is 22.3. The molecule has 5 nitrogen and oxygen atoms in total. The number of hydrogen-bond donors (Lipinski definition) is 2. The van der Waals surface area contributed by atoms with Crippen molar-refractivity contribution in [3.05, 3.63) is 77.0 Å². The van der Waals surface area contributed by atoms with E-state index >= 15 is 0 Å². The highest BCUT2D eigenvalue weighted by Gasteiger charge is 2.40. The van der Waals surface area contributed by atoms with Crippen molar-refractivity contribution in [1.82, 2.24) is 10.2 Å². The molecule has 0 radical (unpaired) electrons. The minimum Gasteiger partial charge on any atom is -0.478 e. The molecule has 0 aliphatic carbocycles. The number of anilines is 1. The largest absolute Gasteiger partial charge is 0.478 e. The fourth-order valence-electron chi connectivity index (χ4n) is 4.22. The fraction of sp³-hybridized carbons (Fsp3) is 0.304. The van der Waals surface area contributed by atoms with Crippen LogP contribution in [0.3, 0.4) is 0 Å². The number of hydrogen-bond acceptors (Lipinski definition) is 3. The predicted octanol–water partition coefficient (Wildman–Crippen LogP) is 4.44. The van der Waals surface area contributed by atoms with Gasteiger partial charge in [0.15, 0.2) is 5.11 Å². The molecule has 158 valence electrons. The molecule has 2 aromatic carbocycles. The minimum atomic E-state index is -0.947. The summed E-state index contributed by atoms with van der Waals surface area (Å²) in [6, 6.07) is 17.5. The highest BCUT2D eigenvalue weighted by molar-refractivity contribution is 7.80. The minimum absolute atomic E-state index is 0. The molecule has 0 saturated carbocycles. The summed E-state index contributed by atoms with van der Waals surface area (Å²) in [6.07, 6.45) is 0.821. The smallest absolute Gasteiger partial charge is 0.337 e. The Balaban J connectivity index is 0.00000256. The molecule has 0 aromatic heterocycles. The van der Waals surface area contributed by atoms with Crippen LogP contribution in [0.5, 0.6) is 0 Å². The van der Waals surface area contributed by atoms with Crippen LogP contribution in [0.15, 0.2) is 65.9 Å². The van der Waals surface area contributed by atoms with E-state index in [1.54, 1.807) is 12.1 Å². The fourth-order valence-corrected chi connectivity index (χ4v) is 4.68. The van der Waals surface area contributed by atoms with Crippen LogP contribution in [0.25, 0.3) is 0 Å². The summed E-state index contributed by atoms with van der Waals surface area (Å²) in [4.78, 5) is 16.2. The number of nitrogens with one attached hydrogen (secondary N) is 1. The number of aromatic carboxylic acids is 1. The third-order valence-corrected chi connectivity index (χ3v) is 5.95. The lowest BCUT2D eigenvalue weighted by atomic mass is 9.86. The number of para-hydroxylation sites is 1. The molecule has 30 heavy (non-hydrogen) atoms. The number of halogens is 1. The van der Waals surface area contributed by atoms with E-state index < -0.39 is 5.97 Å². The van der Waals surface area contributed by atoms with Crippen molar-refractivity contribution in [2.75, 3.05) is 18.0 Å². The van der Waals surface area contributed by atoms with Gasteiger partial charge in [-0.1, -0.05) is 42.5 Å². The molecule has 0 fully saturated rings. The summed E-state index contributed by atoms with van der Waals surface area (Å²) in [6.45, 7) is 6.89. The standard InChI is InChI=1S/C23H25N3O2S.ClH/c1-23(2)18-15-25(14-16-8-4-3-5-9-16)13-12-20(18)26(22(29)24-23)19-11-7-6-10-17(19)21(27)28;/h3-11H,12-15H2,1-2H3,(H,24,29)(H,27,28);1H. The van der Waals surface area contributed by atoms with Gasteiger partial charge in [-0.3, -0.25) is 9.80 Å². The van der Waals surface area contributed by atoms with Gasteiger partial charge >= 0.3 is 5.97 Å². The maximum Gasteiger partial charge on any atom is 0.337 e. The molecular weight excluding hydrogens is 418 g/mol. The first-order valence-electron chi connectivity index (χ1n) is 9.80. The van der Waals surface area contributed by atoms with E-state index in [9.17, 15) is 9.90 Å². The van der Waals surface area contributed by atoms with Crippen LogP contribution in [-0.2, 0) is 6.54 Å². The molecule has 0 spiro atoms. The van der Waals surface area contributed by atoms with Gasteiger partial charge in [0, 0.05) is 31.8 Å². The van der Waals surface area contributed by atoms with E-state index in [0.717, 1.165) is 31.8 Å². The predicted molar refractivity (Wildman–Crippen MR) is 126 cm³/mol. The Morgan fingerprint density at radius 3 is 2.50 bits per heavy atom. The second-order valence-electron chi connectivity index (χ2n) is 8.08. The van der Waals surface area contributed by atoms with Crippen LogP contribution in [0.2, 0.25) is 0 Å². The third-order valence-electron chi connectivity index (χ3n) is 5.67. The summed E-state index contributed by atoms with van der Waals surface area (Å²) in [7, 11) is 0. The van der Waals surface area contributed by atoms with Crippen LogP contribution in [0.1, 0.15) is 36.2 Å². The van der Waals surface area contributed by atoms with Gasteiger partial charge in [0.25, 0.3) is 0 Å². The summed E-state index contributed by atoms with van der Waals surface area (Å²) >= 11 is 5.68. The van der Waals surface area contributed by atoms with Gasteiger partial charge in [-0.25, -0.2) is 4.79 Å². The molecule has 0 atom stereocenters. The van der Waals surface area contributed by atoms with Crippen molar-refractivity contribution in [3.63, 3.8) is 0 Å². The summed E-state index contributed by atoms with van der Waals surface area (Å²) in [5.41, 5.74) is 4.27. The van der Waals surface area contributed by atoms with Crippen molar-refractivity contribution < 1.29 is 9.90 Å². The third kappa shape index (κ3) is 4.21. The van der Waals surface area contributed by atoms with Crippen LogP contribution in [0, 0.1) is 0 Å². The first-order valence-corrected chi connectivity index (χ1v) is 10.2. The van der Waals surface area contributed by atoms with Gasteiger partial charge in [0.2, 0.25) is 0 Å². The molecule has 2 aliphatic heterocycles. The SMILES string of the molecule is CC1(C)NC(=S)N(c2ccccc2C(=O)O)C2=C1CN(Cc1ccccc1)CC2.Cl. The molecule has 0 saturated heterocycles. The molecule has 4 rings (SSSR count).